The number of anilines is 1. The van der Waals surface area contributed by atoms with Crippen LogP contribution >= 0.6 is 0 Å². The van der Waals surface area contributed by atoms with Crippen LogP contribution in [0.25, 0.3) is 0 Å². The van der Waals surface area contributed by atoms with Gasteiger partial charge in [0, 0.05) is 6.07 Å². The fourth-order valence-corrected chi connectivity index (χ4v) is 5.53. The van der Waals surface area contributed by atoms with E-state index in [0.717, 1.165) is 25.3 Å². The Kier molecular flexibility index (Phi) is 3.52. The molecule has 1 aromatic rings. The molecule has 4 saturated carbocycles. The molecule has 5 rings (SSSR count). The second-order valence-electron chi connectivity index (χ2n) is 7.87. The lowest BCUT2D eigenvalue weighted by atomic mass is 9.49. The number of amides is 1. The van der Waals surface area contributed by atoms with E-state index in [-0.39, 0.29) is 17.3 Å². The summed E-state index contributed by atoms with van der Waals surface area (Å²) in [6.07, 6.45) is 6.15. The van der Waals surface area contributed by atoms with Crippen LogP contribution in [-0.4, -0.2) is 15.8 Å². The largest absolute Gasteiger partial charge is 0.320 e. The van der Waals surface area contributed by atoms with Crippen molar-refractivity contribution in [3.8, 4) is 0 Å². The van der Waals surface area contributed by atoms with Crippen molar-refractivity contribution in [2.75, 3.05) is 5.32 Å². The summed E-state index contributed by atoms with van der Waals surface area (Å²) in [6, 6.07) is 3.34. The Hall–Kier alpha value is -2.51. The summed E-state index contributed by atoms with van der Waals surface area (Å²) in [5.74, 6) is 1.60. The topological polar surface area (TPSA) is 115 Å². The molecule has 0 spiro atoms. The lowest BCUT2D eigenvalue weighted by Crippen LogP contribution is -2.51. The number of nitrogens with one attached hydrogen (secondary N) is 1. The SMILES string of the molecule is O=C(Nc1ccc([N+](=O)[O-])cc1[N+](=O)[O-])C12CC3CC(CC(C3)C1)C2. The monoisotopic (exact) mass is 345 g/mol. The Morgan fingerprint density at radius 3 is 2.04 bits per heavy atom. The van der Waals surface area contributed by atoms with E-state index in [0.29, 0.717) is 17.8 Å². The summed E-state index contributed by atoms with van der Waals surface area (Å²) in [6.45, 7) is 0. The highest BCUT2D eigenvalue weighted by molar-refractivity contribution is 5.97. The van der Waals surface area contributed by atoms with Crippen molar-refractivity contribution in [2.24, 2.45) is 23.2 Å². The van der Waals surface area contributed by atoms with Gasteiger partial charge in [0.05, 0.1) is 21.3 Å². The highest BCUT2D eigenvalue weighted by Gasteiger charge is 2.54. The van der Waals surface area contributed by atoms with Crippen LogP contribution in [0, 0.1) is 43.4 Å². The van der Waals surface area contributed by atoms with Crippen LogP contribution in [-0.2, 0) is 4.79 Å². The molecule has 0 aromatic heterocycles. The quantitative estimate of drug-likeness (QED) is 0.660. The van der Waals surface area contributed by atoms with Crippen molar-refractivity contribution in [3.63, 3.8) is 0 Å². The minimum absolute atomic E-state index is 0.0383. The molecule has 4 bridgehead atoms. The van der Waals surface area contributed by atoms with Crippen LogP contribution in [0.5, 0.6) is 0 Å². The molecule has 4 aliphatic carbocycles. The van der Waals surface area contributed by atoms with E-state index >= 15 is 0 Å². The lowest BCUT2D eigenvalue weighted by Gasteiger charge is -2.55. The number of hydrogen-bond acceptors (Lipinski definition) is 5. The van der Waals surface area contributed by atoms with E-state index in [1.54, 1.807) is 0 Å². The third-order valence-corrected chi connectivity index (χ3v) is 6.16. The summed E-state index contributed by atoms with van der Waals surface area (Å²) >= 11 is 0. The Morgan fingerprint density at radius 1 is 1.00 bits per heavy atom. The van der Waals surface area contributed by atoms with Gasteiger partial charge in [0.2, 0.25) is 5.91 Å². The fraction of sp³-hybridized carbons (Fsp3) is 0.588. The van der Waals surface area contributed by atoms with Gasteiger partial charge in [-0.05, 0) is 62.3 Å². The Labute approximate surface area is 143 Å². The van der Waals surface area contributed by atoms with Crippen LogP contribution in [0.1, 0.15) is 38.5 Å². The highest BCUT2D eigenvalue weighted by atomic mass is 16.6. The molecular weight excluding hydrogens is 326 g/mol. The van der Waals surface area contributed by atoms with E-state index in [1.165, 1.54) is 31.4 Å². The van der Waals surface area contributed by atoms with Crippen molar-refractivity contribution in [2.45, 2.75) is 38.5 Å². The zero-order valence-electron chi connectivity index (χ0n) is 13.6. The molecule has 0 atom stereocenters. The maximum atomic E-state index is 13.0. The first-order valence-corrected chi connectivity index (χ1v) is 8.60. The van der Waals surface area contributed by atoms with E-state index in [2.05, 4.69) is 5.32 Å². The molecule has 1 amide bonds. The number of rotatable bonds is 4. The predicted molar refractivity (Wildman–Crippen MR) is 89.0 cm³/mol. The maximum absolute atomic E-state index is 13.0. The maximum Gasteiger partial charge on any atom is 0.299 e. The van der Waals surface area contributed by atoms with Crippen LogP contribution in [0.4, 0.5) is 17.1 Å². The number of nitro groups is 2. The Balaban J connectivity index is 1.61. The zero-order valence-corrected chi connectivity index (χ0v) is 13.6. The molecule has 1 N–H and O–H groups in total. The lowest BCUT2D eigenvalue weighted by molar-refractivity contribution is -0.393. The van der Waals surface area contributed by atoms with Gasteiger partial charge >= 0.3 is 0 Å². The van der Waals surface area contributed by atoms with E-state index in [1.807, 2.05) is 0 Å². The first-order chi connectivity index (χ1) is 11.9. The number of carbonyl (C=O) groups is 1. The average molecular weight is 345 g/mol. The second-order valence-corrected chi connectivity index (χ2v) is 7.87. The Morgan fingerprint density at radius 2 is 1.56 bits per heavy atom. The number of carbonyl (C=O) groups excluding carboxylic acids is 1. The number of non-ortho nitro benzene ring substituents is 1. The smallest absolute Gasteiger partial charge is 0.299 e. The molecule has 0 unspecified atom stereocenters. The molecule has 25 heavy (non-hydrogen) atoms. The second kappa shape index (κ2) is 5.50. The molecule has 0 saturated heterocycles. The van der Waals surface area contributed by atoms with E-state index in [4.69, 9.17) is 0 Å². The molecule has 0 radical (unpaired) electrons. The van der Waals surface area contributed by atoms with Gasteiger partial charge in [-0.1, -0.05) is 0 Å². The minimum Gasteiger partial charge on any atom is -0.320 e. The van der Waals surface area contributed by atoms with Crippen LogP contribution < -0.4 is 5.32 Å². The van der Waals surface area contributed by atoms with Crippen molar-refractivity contribution < 1.29 is 14.6 Å². The van der Waals surface area contributed by atoms with Crippen molar-refractivity contribution >= 4 is 23.0 Å². The third-order valence-electron chi connectivity index (χ3n) is 6.16. The van der Waals surface area contributed by atoms with E-state index in [9.17, 15) is 25.0 Å². The summed E-state index contributed by atoms with van der Waals surface area (Å²) in [7, 11) is 0. The van der Waals surface area contributed by atoms with Crippen LogP contribution in [0.2, 0.25) is 0 Å². The number of nitrogens with zero attached hydrogens (tertiary/aromatic N) is 2. The summed E-state index contributed by atoms with van der Waals surface area (Å²) in [4.78, 5) is 33.7. The van der Waals surface area contributed by atoms with Crippen molar-refractivity contribution in [1.29, 1.82) is 0 Å². The van der Waals surface area contributed by atoms with Gasteiger partial charge in [-0.2, -0.15) is 0 Å². The molecule has 8 heteroatoms. The highest BCUT2D eigenvalue weighted by Crippen LogP contribution is 2.60. The standard InChI is InChI=1S/C17H19N3O5/c21-16(17-7-10-3-11(8-17)5-12(4-10)9-17)18-14-2-1-13(19(22)23)6-15(14)20(24)25/h1-2,6,10-12H,3-5,7-9H2,(H,18,21). The molecular formula is C17H19N3O5. The molecule has 8 nitrogen and oxygen atoms in total. The summed E-state index contributed by atoms with van der Waals surface area (Å²) < 4.78 is 0. The predicted octanol–water partition coefficient (Wildman–Crippen LogP) is 3.66. The number of benzene rings is 1. The van der Waals surface area contributed by atoms with Gasteiger partial charge in [0.15, 0.2) is 0 Å². The van der Waals surface area contributed by atoms with Gasteiger partial charge in [-0.3, -0.25) is 25.0 Å². The summed E-state index contributed by atoms with van der Waals surface area (Å²) in [5, 5.41) is 24.8. The van der Waals surface area contributed by atoms with Gasteiger partial charge < -0.3 is 5.32 Å². The van der Waals surface area contributed by atoms with Crippen molar-refractivity contribution in [1.82, 2.24) is 0 Å². The molecule has 0 heterocycles. The first kappa shape index (κ1) is 16.0. The van der Waals surface area contributed by atoms with Crippen LogP contribution in [0.3, 0.4) is 0 Å². The number of nitro benzene ring substituents is 2. The van der Waals surface area contributed by atoms with Gasteiger partial charge in [-0.25, -0.2) is 0 Å². The van der Waals surface area contributed by atoms with Gasteiger partial charge in [-0.15, -0.1) is 0 Å². The molecule has 1 aromatic carbocycles. The first-order valence-electron chi connectivity index (χ1n) is 8.60. The van der Waals surface area contributed by atoms with Crippen molar-refractivity contribution in [3.05, 3.63) is 38.4 Å². The summed E-state index contributed by atoms with van der Waals surface area (Å²) in [5.41, 5.74) is -1.19. The number of hydrogen-bond donors (Lipinski definition) is 1. The fourth-order valence-electron chi connectivity index (χ4n) is 5.53. The molecule has 132 valence electrons. The van der Waals surface area contributed by atoms with E-state index < -0.39 is 20.9 Å². The third kappa shape index (κ3) is 2.65. The molecule has 0 aliphatic heterocycles. The Bertz CT molecular complexity index is 740. The molecule has 4 fully saturated rings. The van der Waals surface area contributed by atoms with Gasteiger partial charge in [0.25, 0.3) is 11.4 Å². The molecule has 4 aliphatic rings. The zero-order chi connectivity index (χ0) is 17.8. The normalized spacial score (nSPS) is 32.4. The minimum atomic E-state index is -0.692. The average Bonchev–Trinajstić information content (AvgIpc) is 2.53. The van der Waals surface area contributed by atoms with Gasteiger partial charge in [0.1, 0.15) is 5.69 Å². The van der Waals surface area contributed by atoms with Crippen LogP contribution in [0.15, 0.2) is 18.2 Å².